The predicted molar refractivity (Wildman–Crippen MR) is 94.5 cm³/mol. The summed E-state index contributed by atoms with van der Waals surface area (Å²) in [6.07, 6.45) is -0.312. The molecule has 5 nitrogen and oxygen atoms in total. The smallest absolute Gasteiger partial charge is 0.407 e. The first-order valence-corrected chi connectivity index (χ1v) is 8.40. The molecule has 23 heavy (non-hydrogen) atoms. The number of benzene rings is 1. The zero-order valence-corrected chi connectivity index (χ0v) is 16.1. The molecule has 0 saturated heterocycles. The molecule has 0 atom stereocenters. The number of halogens is 2. The van der Waals surface area contributed by atoms with Gasteiger partial charge >= 0.3 is 6.09 Å². The molecular formula is C16H22BrClN2O3. The molecule has 0 aliphatic heterocycles. The van der Waals surface area contributed by atoms with Gasteiger partial charge in [0.25, 0.3) is 0 Å². The number of carbonyl (C=O) groups excluding carboxylic acids is 2. The van der Waals surface area contributed by atoms with Crippen molar-refractivity contribution in [3.05, 3.63) is 33.3 Å². The van der Waals surface area contributed by atoms with Gasteiger partial charge in [-0.3, -0.25) is 4.79 Å². The lowest BCUT2D eigenvalue weighted by molar-refractivity contribution is -0.130. The van der Waals surface area contributed by atoms with Gasteiger partial charge in [-0.1, -0.05) is 17.7 Å². The Hall–Kier alpha value is -1.27. The van der Waals surface area contributed by atoms with Crippen molar-refractivity contribution in [2.45, 2.75) is 39.3 Å². The Labute approximate surface area is 150 Å². The lowest BCUT2D eigenvalue weighted by Gasteiger charge is -2.20. The second kappa shape index (κ2) is 8.55. The molecule has 2 amide bonds. The monoisotopic (exact) mass is 404 g/mol. The van der Waals surface area contributed by atoms with Gasteiger partial charge in [0.05, 0.1) is 5.02 Å². The van der Waals surface area contributed by atoms with E-state index in [4.69, 9.17) is 16.3 Å². The Balaban J connectivity index is 2.39. The minimum atomic E-state index is -0.550. The molecule has 7 heteroatoms. The summed E-state index contributed by atoms with van der Waals surface area (Å²) < 4.78 is 5.92. The highest BCUT2D eigenvalue weighted by atomic mass is 79.9. The lowest BCUT2D eigenvalue weighted by Crippen LogP contribution is -2.35. The van der Waals surface area contributed by atoms with Crippen LogP contribution in [0, 0.1) is 0 Å². The van der Waals surface area contributed by atoms with Crippen LogP contribution in [-0.2, 0) is 16.1 Å². The van der Waals surface area contributed by atoms with Crippen LogP contribution in [0.2, 0.25) is 5.02 Å². The van der Waals surface area contributed by atoms with Crippen LogP contribution in [0.3, 0.4) is 0 Å². The Morgan fingerprint density at radius 2 is 2.00 bits per heavy atom. The van der Waals surface area contributed by atoms with Crippen molar-refractivity contribution in [2.75, 3.05) is 13.6 Å². The van der Waals surface area contributed by atoms with Gasteiger partial charge in [0, 0.05) is 31.0 Å². The molecule has 0 heterocycles. The van der Waals surface area contributed by atoms with E-state index in [1.54, 1.807) is 32.7 Å². The van der Waals surface area contributed by atoms with Crippen molar-refractivity contribution in [3.8, 4) is 0 Å². The summed E-state index contributed by atoms with van der Waals surface area (Å²) in [6, 6.07) is 5.56. The fourth-order valence-corrected chi connectivity index (χ4v) is 2.23. The van der Waals surface area contributed by atoms with Gasteiger partial charge in [0.2, 0.25) is 5.91 Å². The summed E-state index contributed by atoms with van der Waals surface area (Å²) >= 11 is 9.36. The van der Waals surface area contributed by atoms with E-state index in [0.29, 0.717) is 11.6 Å². The van der Waals surface area contributed by atoms with Gasteiger partial charge in [0.15, 0.2) is 0 Å². The van der Waals surface area contributed by atoms with E-state index < -0.39 is 11.7 Å². The highest BCUT2D eigenvalue weighted by Gasteiger charge is 2.16. The molecule has 0 aliphatic rings. The Morgan fingerprint density at radius 1 is 1.35 bits per heavy atom. The van der Waals surface area contributed by atoms with Gasteiger partial charge in [-0.15, -0.1) is 0 Å². The number of ether oxygens (including phenoxy) is 1. The zero-order chi connectivity index (χ0) is 17.6. The van der Waals surface area contributed by atoms with Gasteiger partial charge in [0.1, 0.15) is 5.60 Å². The molecule has 1 aromatic carbocycles. The molecule has 0 unspecified atom stereocenters. The van der Waals surface area contributed by atoms with Crippen molar-refractivity contribution in [2.24, 2.45) is 0 Å². The largest absolute Gasteiger partial charge is 0.444 e. The third-order valence-electron chi connectivity index (χ3n) is 2.84. The van der Waals surface area contributed by atoms with E-state index in [-0.39, 0.29) is 18.9 Å². The van der Waals surface area contributed by atoms with E-state index in [0.717, 1.165) is 10.0 Å². The predicted octanol–water partition coefficient (Wildman–Crippen LogP) is 3.98. The molecule has 0 saturated carbocycles. The average molecular weight is 406 g/mol. The van der Waals surface area contributed by atoms with Crippen molar-refractivity contribution < 1.29 is 14.3 Å². The lowest BCUT2D eigenvalue weighted by atomic mass is 10.2. The Kier molecular flexibility index (Phi) is 7.35. The summed E-state index contributed by atoms with van der Waals surface area (Å²) in [5.74, 6) is -0.0694. The molecule has 0 spiro atoms. The molecule has 0 aliphatic carbocycles. The quantitative estimate of drug-likeness (QED) is 0.806. The highest BCUT2D eigenvalue weighted by Crippen LogP contribution is 2.23. The molecule has 1 N–H and O–H groups in total. The number of amides is 2. The van der Waals surface area contributed by atoms with Crippen LogP contribution in [0.1, 0.15) is 32.8 Å². The van der Waals surface area contributed by atoms with Crippen molar-refractivity contribution in [3.63, 3.8) is 0 Å². The Bertz CT molecular complexity index is 573. The van der Waals surface area contributed by atoms with Crippen LogP contribution in [-0.4, -0.2) is 36.1 Å². The molecule has 0 aromatic heterocycles. The van der Waals surface area contributed by atoms with Crippen molar-refractivity contribution in [1.29, 1.82) is 0 Å². The van der Waals surface area contributed by atoms with E-state index in [1.165, 1.54) is 0 Å². The first kappa shape index (κ1) is 19.8. The summed E-state index contributed by atoms with van der Waals surface area (Å²) in [4.78, 5) is 25.1. The van der Waals surface area contributed by atoms with Gasteiger partial charge in [-0.05, 0) is 54.4 Å². The van der Waals surface area contributed by atoms with Crippen LogP contribution < -0.4 is 5.32 Å². The van der Waals surface area contributed by atoms with Crippen LogP contribution in [0.25, 0.3) is 0 Å². The van der Waals surface area contributed by atoms with Crippen LogP contribution in [0.5, 0.6) is 0 Å². The van der Waals surface area contributed by atoms with E-state index in [1.807, 2.05) is 18.2 Å². The Morgan fingerprint density at radius 3 is 2.57 bits per heavy atom. The number of alkyl carbamates (subject to hydrolysis) is 1. The average Bonchev–Trinajstić information content (AvgIpc) is 2.40. The first-order valence-electron chi connectivity index (χ1n) is 7.23. The summed E-state index contributed by atoms with van der Waals surface area (Å²) in [6.45, 7) is 6.05. The summed E-state index contributed by atoms with van der Waals surface area (Å²) in [5, 5.41) is 3.18. The van der Waals surface area contributed by atoms with Crippen LogP contribution >= 0.6 is 27.5 Å². The number of nitrogens with zero attached hydrogens (tertiary/aromatic N) is 1. The topological polar surface area (TPSA) is 58.6 Å². The minimum Gasteiger partial charge on any atom is -0.444 e. The van der Waals surface area contributed by atoms with Gasteiger partial charge in [-0.2, -0.15) is 0 Å². The molecule has 0 fully saturated rings. The molecule has 0 radical (unpaired) electrons. The fraction of sp³-hybridized carbons (Fsp3) is 0.500. The normalized spacial score (nSPS) is 11.0. The fourth-order valence-electron chi connectivity index (χ4n) is 1.78. The zero-order valence-electron chi connectivity index (χ0n) is 13.8. The first-order chi connectivity index (χ1) is 10.6. The SMILES string of the molecule is CN(Cc1ccc(Br)c(Cl)c1)C(=O)CCNC(=O)OC(C)(C)C. The number of nitrogens with one attached hydrogen (secondary N) is 1. The van der Waals surface area contributed by atoms with Gasteiger partial charge < -0.3 is 15.0 Å². The number of hydrogen-bond donors (Lipinski definition) is 1. The molecule has 128 valence electrons. The van der Waals surface area contributed by atoms with Crippen LogP contribution in [0.4, 0.5) is 4.79 Å². The molecule has 1 rings (SSSR count). The number of carbonyl (C=O) groups is 2. The number of hydrogen-bond acceptors (Lipinski definition) is 3. The second-order valence-electron chi connectivity index (χ2n) is 6.18. The molecular weight excluding hydrogens is 384 g/mol. The summed E-state index contributed by atoms with van der Waals surface area (Å²) in [7, 11) is 1.71. The van der Waals surface area contributed by atoms with Crippen LogP contribution in [0.15, 0.2) is 22.7 Å². The third kappa shape index (κ3) is 7.70. The van der Waals surface area contributed by atoms with Crippen molar-refractivity contribution in [1.82, 2.24) is 10.2 Å². The maximum Gasteiger partial charge on any atom is 0.407 e. The molecule has 1 aromatic rings. The molecule has 0 bridgehead atoms. The standard InChI is InChI=1S/C16H22BrClN2O3/c1-16(2,3)23-15(22)19-8-7-14(21)20(4)10-11-5-6-12(17)13(18)9-11/h5-6,9H,7-8,10H2,1-4H3,(H,19,22). The second-order valence-corrected chi connectivity index (χ2v) is 7.44. The van der Waals surface area contributed by atoms with E-state index in [9.17, 15) is 9.59 Å². The highest BCUT2D eigenvalue weighted by molar-refractivity contribution is 9.10. The third-order valence-corrected chi connectivity index (χ3v) is 4.07. The van der Waals surface area contributed by atoms with E-state index >= 15 is 0 Å². The number of rotatable bonds is 5. The maximum atomic E-state index is 12.1. The summed E-state index contributed by atoms with van der Waals surface area (Å²) in [5.41, 5.74) is 0.389. The minimum absolute atomic E-state index is 0.0694. The maximum absolute atomic E-state index is 12.1. The van der Waals surface area contributed by atoms with Gasteiger partial charge in [-0.25, -0.2) is 4.79 Å². The van der Waals surface area contributed by atoms with E-state index in [2.05, 4.69) is 21.2 Å². The van der Waals surface area contributed by atoms with Crippen molar-refractivity contribution >= 4 is 39.5 Å².